The molecule has 1 aliphatic rings. The second-order valence-electron chi connectivity index (χ2n) is 5.72. The Morgan fingerprint density at radius 1 is 1.04 bits per heavy atom. The van der Waals surface area contributed by atoms with Gasteiger partial charge in [0.1, 0.15) is 0 Å². The van der Waals surface area contributed by atoms with Gasteiger partial charge in [0.05, 0.1) is 6.04 Å². The minimum absolute atomic E-state index is 0. The van der Waals surface area contributed by atoms with Crippen LogP contribution < -0.4 is 10.6 Å². The zero-order valence-electron chi connectivity index (χ0n) is 13.4. The maximum Gasteiger partial charge on any atom is 0.241 e. The Morgan fingerprint density at radius 2 is 1.71 bits per heavy atom. The molecular formula is C18H23Cl2N3O. The van der Waals surface area contributed by atoms with E-state index in [0.717, 1.165) is 37.9 Å². The van der Waals surface area contributed by atoms with Gasteiger partial charge < -0.3 is 10.6 Å². The summed E-state index contributed by atoms with van der Waals surface area (Å²) >= 11 is 0. The van der Waals surface area contributed by atoms with Crippen molar-refractivity contribution >= 4 is 36.4 Å². The van der Waals surface area contributed by atoms with Crippen molar-refractivity contribution in [3.05, 3.63) is 59.9 Å². The lowest BCUT2D eigenvalue weighted by atomic mass is 10.0. The molecule has 0 unspecified atom stereocenters. The van der Waals surface area contributed by atoms with Crippen LogP contribution in [0.1, 0.15) is 30.4 Å². The van der Waals surface area contributed by atoms with Crippen molar-refractivity contribution in [1.82, 2.24) is 10.3 Å². The molecule has 1 saturated heterocycles. The summed E-state index contributed by atoms with van der Waals surface area (Å²) in [7, 11) is 0. The van der Waals surface area contributed by atoms with Crippen molar-refractivity contribution < 1.29 is 4.79 Å². The molecule has 4 nitrogen and oxygen atoms in total. The van der Waals surface area contributed by atoms with Crippen LogP contribution in [-0.2, 0) is 11.2 Å². The summed E-state index contributed by atoms with van der Waals surface area (Å²) in [5.41, 5.74) is 3.31. The average Bonchev–Trinajstić information content (AvgIpc) is 2.58. The van der Waals surface area contributed by atoms with Crippen LogP contribution in [0.25, 0.3) is 0 Å². The van der Waals surface area contributed by atoms with Crippen LogP contribution in [0.15, 0.2) is 48.8 Å². The van der Waals surface area contributed by atoms with Crippen LogP contribution in [0.3, 0.4) is 0 Å². The lowest BCUT2D eigenvalue weighted by molar-refractivity contribution is -0.118. The lowest BCUT2D eigenvalue weighted by Gasteiger charge is -2.22. The van der Waals surface area contributed by atoms with Crippen molar-refractivity contribution in [2.24, 2.45) is 0 Å². The van der Waals surface area contributed by atoms with Gasteiger partial charge in [-0.25, -0.2) is 0 Å². The van der Waals surface area contributed by atoms with E-state index in [4.69, 9.17) is 0 Å². The number of nitrogens with zero attached hydrogens (tertiary/aromatic N) is 1. The number of pyridine rings is 1. The van der Waals surface area contributed by atoms with Gasteiger partial charge in [-0.15, -0.1) is 24.8 Å². The van der Waals surface area contributed by atoms with Gasteiger partial charge >= 0.3 is 0 Å². The number of halogens is 2. The Balaban J connectivity index is 0.00000144. The van der Waals surface area contributed by atoms with Crippen molar-refractivity contribution in [3.8, 4) is 0 Å². The molecule has 1 aromatic carbocycles. The number of benzene rings is 1. The Kier molecular flexibility index (Phi) is 8.76. The molecule has 0 spiro atoms. The van der Waals surface area contributed by atoms with Gasteiger partial charge in [0.2, 0.25) is 5.91 Å². The lowest BCUT2D eigenvalue weighted by Crippen LogP contribution is -2.43. The molecule has 1 aromatic heterocycles. The first kappa shape index (κ1) is 20.4. The maximum absolute atomic E-state index is 12.2. The average molecular weight is 368 g/mol. The highest BCUT2D eigenvalue weighted by Crippen LogP contribution is 2.15. The number of rotatable bonds is 4. The molecule has 24 heavy (non-hydrogen) atoms. The summed E-state index contributed by atoms with van der Waals surface area (Å²) in [5, 5.41) is 6.26. The second-order valence-corrected chi connectivity index (χ2v) is 5.72. The Morgan fingerprint density at radius 3 is 2.33 bits per heavy atom. The molecule has 3 rings (SSSR count). The monoisotopic (exact) mass is 367 g/mol. The third-order valence-electron chi connectivity index (χ3n) is 4.01. The van der Waals surface area contributed by atoms with Crippen LogP contribution in [0, 0.1) is 0 Å². The molecule has 0 saturated carbocycles. The predicted molar refractivity (Wildman–Crippen MR) is 102 cm³/mol. The smallest absolute Gasteiger partial charge is 0.241 e. The summed E-state index contributed by atoms with van der Waals surface area (Å²) < 4.78 is 0. The van der Waals surface area contributed by atoms with E-state index in [1.807, 2.05) is 24.3 Å². The molecule has 0 bridgehead atoms. The number of amides is 1. The first-order chi connectivity index (χ1) is 10.8. The quantitative estimate of drug-likeness (QED) is 0.867. The van der Waals surface area contributed by atoms with Crippen molar-refractivity contribution in [2.75, 3.05) is 11.9 Å². The topological polar surface area (TPSA) is 54.0 Å². The van der Waals surface area contributed by atoms with Gasteiger partial charge in [-0.3, -0.25) is 9.78 Å². The first-order valence-corrected chi connectivity index (χ1v) is 7.83. The van der Waals surface area contributed by atoms with E-state index >= 15 is 0 Å². The van der Waals surface area contributed by atoms with Gasteiger partial charge in [-0.1, -0.05) is 18.6 Å². The van der Waals surface area contributed by atoms with Gasteiger partial charge in [-0.05, 0) is 61.2 Å². The Bertz CT molecular complexity index is 614. The fraction of sp³-hybridized carbons (Fsp3) is 0.333. The third-order valence-corrected chi connectivity index (χ3v) is 4.01. The molecule has 0 aliphatic carbocycles. The van der Waals surface area contributed by atoms with E-state index in [9.17, 15) is 4.79 Å². The molecule has 1 fully saturated rings. The number of carbonyl (C=O) groups is 1. The van der Waals surface area contributed by atoms with Crippen molar-refractivity contribution in [3.63, 3.8) is 0 Å². The maximum atomic E-state index is 12.2. The molecule has 130 valence electrons. The standard InChI is InChI=1S/C18H21N3O.2ClH/c22-18(17-3-1-2-10-20-17)21-16-6-4-14(5-7-16)13-15-8-11-19-12-9-15;;/h4-9,11-12,17,20H,1-3,10,13H2,(H,21,22);2*1H/t17-;;/m1../s1. The fourth-order valence-corrected chi connectivity index (χ4v) is 2.75. The molecule has 1 amide bonds. The summed E-state index contributed by atoms with van der Waals surface area (Å²) in [6.07, 6.45) is 7.69. The van der Waals surface area contributed by atoms with Gasteiger partial charge in [0, 0.05) is 18.1 Å². The molecule has 0 radical (unpaired) electrons. The predicted octanol–water partition coefficient (Wildman–Crippen LogP) is 3.60. The zero-order valence-corrected chi connectivity index (χ0v) is 15.0. The number of piperidine rings is 1. The summed E-state index contributed by atoms with van der Waals surface area (Å²) in [6.45, 7) is 0.933. The Labute approximate surface area is 155 Å². The summed E-state index contributed by atoms with van der Waals surface area (Å²) in [6, 6.07) is 12.0. The highest BCUT2D eigenvalue weighted by Gasteiger charge is 2.20. The van der Waals surface area contributed by atoms with E-state index < -0.39 is 0 Å². The summed E-state index contributed by atoms with van der Waals surface area (Å²) in [5.74, 6) is 0.0709. The van der Waals surface area contributed by atoms with E-state index in [-0.39, 0.29) is 36.8 Å². The minimum Gasteiger partial charge on any atom is -0.325 e. The Hall–Kier alpha value is -1.62. The third kappa shape index (κ3) is 5.78. The number of nitrogens with one attached hydrogen (secondary N) is 2. The molecule has 2 aromatic rings. The molecular weight excluding hydrogens is 345 g/mol. The number of anilines is 1. The van der Waals surface area contributed by atoms with E-state index in [1.165, 1.54) is 11.1 Å². The van der Waals surface area contributed by atoms with E-state index in [2.05, 4.69) is 27.8 Å². The van der Waals surface area contributed by atoms with E-state index in [1.54, 1.807) is 12.4 Å². The van der Waals surface area contributed by atoms with Gasteiger partial charge in [0.15, 0.2) is 0 Å². The van der Waals surface area contributed by atoms with Crippen LogP contribution in [0.5, 0.6) is 0 Å². The van der Waals surface area contributed by atoms with Crippen molar-refractivity contribution in [1.29, 1.82) is 0 Å². The van der Waals surface area contributed by atoms with Gasteiger partial charge in [0.25, 0.3) is 0 Å². The number of aromatic nitrogens is 1. The number of hydrogen-bond acceptors (Lipinski definition) is 3. The van der Waals surface area contributed by atoms with Crippen LogP contribution in [0.2, 0.25) is 0 Å². The second kappa shape index (κ2) is 10.3. The SMILES string of the molecule is Cl.Cl.O=C(Nc1ccc(Cc2ccncc2)cc1)[C@H]1CCCCN1. The first-order valence-electron chi connectivity index (χ1n) is 7.83. The highest BCUT2D eigenvalue weighted by atomic mass is 35.5. The zero-order chi connectivity index (χ0) is 15.2. The molecule has 6 heteroatoms. The largest absolute Gasteiger partial charge is 0.325 e. The molecule has 2 heterocycles. The van der Waals surface area contributed by atoms with Gasteiger partial charge in [-0.2, -0.15) is 0 Å². The summed E-state index contributed by atoms with van der Waals surface area (Å²) in [4.78, 5) is 16.2. The molecule has 1 atom stereocenters. The van der Waals surface area contributed by atoms with E-state index in [0.29, 0.717) is 0 Å². The van der Waals surface area contributed by atoms with Crippen molar-refractivity contribution in [2.45, 2.75) is 31.7 Å². The van der Waals surface area contributed by atoms with Crippen LogP contribution in [0.4, 0.5) is 5.69 Å². The molecule has 2 N–H and O–H groups in total. The fourth-order valence-electron chi connectivity index (χ4n) is 2.75. The minimum atomic E-state index is -0.0507. The highest BCUT2D eigenvalue weighted by molar-refractivity contribution is 5.94. The van der Waals surface area contributed by atoms with Crippen LogP contribution in [-0.4, -0.2) is 23.5 Å². The molecule has 1 aliphatic heterocycles. The number of hydrogen-bond donors (Lipinski definition) is 2. The normalized spacial score (nSPS) is 16.4. The number of carbonyl (C=O) groups excluding carboxylic acids is 1. The van der Waals surface area contributed by atoms with Crippen LogP contribution >= 0.6 is 24.8 Å².